The van der Waals surface area contributed by atoms with Crippen molar-refractivity contribution >= 4 is 23.6 Å². The maximum Gasteiger partial charge on any atom is 0.331 e. The molecular weight excluding hydrogens is 250 g/mol. The molecule has 0 spiro atoms. The zero-order chi connectivity index (χ0) is 14.4. The first-order chi connectivity index (χ1) is 9.06. The van der Waals surface area contributed by atoms with Gasteiger partial charge in [-0.1, -0.05) is 13.0 Å². The highest BCUT2D eigenvalue weighted by Crippen LogP contribution is 2.14. The number of imide groups is 2. The van der Waals surface area contributed by atoms with E-state index in [0.717, 1.165) is 4.90 Å². The van der Waals surface area contributed by atoms with Crippen LogP contribution in [0.25, 0.3) is 0 Å². The molecule has 104 valence electrons. The lowest BCUT2D eigenvalue weighted by atomic mass is 9.96. The molecule has 1 rings (SSSR count). The lowest BCUT2D eigenvalue weighted by Gasteiger charge is -2.29. The molecule has 0 aromatic heterocycles. The van der Waals surface area contributed by atoms with Crippen LogP contribution in [0, 0.1) is 5.92 Å². The monoisotopic (exact) mass is 267 g/mol. The summed E-state index contributed by atoms with van der Waals surface area (Å²) in [6.07, 6.45) is 1.79. The van der Waals surface area contributed by atoms with E-state index < -0.39 is 23.8 Å². The molecule has 1 atom stereocenters. The highest BCUT2D eigenvalue weighted by atomic mass is 16.3. The van der Waals surface area contributed by atoms with Gasteiger partial charge in [0, 0.05) is 12.3 Å². The largest absolute Gasteiger partial charge is 0.394 e. The average molecular weight is 267 g/mol. The molecule has 7 heteroatoms. The molecule has 0 radical (unpaired) electrons. The lowest BCUT2D eigenvalue weighted by molar-refractivity contribution is -0.139. The lowest BCUT2D eigenvalue weighted by Crippen LogP contribution is -2.59. The summed E-state index contributed by atoms with van der Waals surface area (Å²) in [5.74, 6) is -2.38. The van der Waals surface area contributed by atoms with E-state index in [0.29, 0.717) is 12.1 Å². The molecule has 1 unspecified atom stereocenters. The van der Waals surface area contributed by atoms with Crippen molar-refractivity contribution in [3.05, 3.63) is 12.7 Å². The van der Waals surface area contributed by atoms with E-state index in [-0.39, 0.29) is 19.7 Å². The third-order valence-corrected chi connectivity index (χ3v) is 2.67. The van der Waals surface area contributed by atoms with E-state index in [1.165, 1.54) is 6.08 Å². The first-order valence-corrected chi connectivity index (χ1v) is 5.98. The fourth-order valence-electron chi connectivity index (χ4n) is 1.81. The number of hydrogen-bond acceptors (Lipinski definition) is 5. The van der Waals surface area contributed by atoms with Crippen LogP contribution in [0.1, 0.15) is 13.3 Å². The van der Waals surface area contributed by atoms with Gasteiger partial charge >= 0.3 is 6.03 Å². The summed E-state index contributed by atoms with van der Waals surface area (Å²) in [5, 5.41) is 10.9. The van der Waals surface area contributed by atoms with E-state index in [9.17, 15) is 14.4 Å². The number of nitrogens with one attached hydrogen (secondary N) is 1. The van der Waals surface area contributed by atoms with Crippen molar-refractivity contribution in [3.8, 4) is 0 Å². The van der Waals surface area contributed by atoms with Gasteiger partial charge in [0.15, 0.2) is 5.92 Å². The fraction of sp³-hybridized carbons (Fsp3) is 0.500. The molecule has 1 saturated heterocycles. The minimum atomic E-state index is -1.10. The van der Waals surface area contributed by atoms with Crippen molar-refractivity contribution < 1.29 is 19.5 Å². The van der Waals surface area contributed by atoms with Gasteiger partial charge in [-0.05, 0) is 6.42 Å². The van der Waals surface area contributed by atoms with Crippen LogP contribution in [0.5, 0.6) is 0 Å². The van der Waals surface area contributed by atoms with Crippen molar-refractivity contribution in [1.29, 1.82) is 0 Å². The van der Waals surface area contributed by atoms with Crippen molar-refractivity contribution in [1.82, 2.24) is 10.2 Å². The SMILES string of the molecule is C=CCN1C(=O)NC(=O)C(C(CC)=NCCO)C1=O. The second-order valence-electron chi connectivity index (χ2n) is 3.92. The van der Waals surface area contributed by atoms with Gasteiger partial charge in [-0.2, -0.15) is 0 Å². The Morgan fingerprint density at radius 3 is 2.74 bits per heavy atom. The van der Waals surface area contributed by atoms with Crippen molar-refractivity contribution in [2.45, 2.75) is 13.3 Å². The van der Waals surface area contributed by atoms with Gasteiger partial charge in [0.1, 0.15) is 0 Å². The highest BCUT2D eigenvalue weighted by Gasteiger charge is 2.42. The first kappa shape index (κ1) is 15.0. The molecule has 1 aliphatic rings. The number of carbonyl (C=O) groups excluding carboxylic acids is 3. The number of nitrogens with zero attached hydrogens (tertiary/aromatic N) is 2. The number of aliphatic hydroxyl groups is 1. The fourth-order valence-corrected chi connectivity index (χ4v) is 1.81. The van der Waals surface area contributed by atoms with Crippen LogP contribution in [-0.4, -0.2) is 53.3 Å². The van der Waals surface area contributed by atoms with Gasteiger partial charge < -0.3 is 5.11 Å². The Kier molecular flexibility index (Phi) is 5.37. The molecule has 7 nitrogen and oxygen atoms in total. The molecule has 4 amide bonds. The number of rotatable bonds is 6. The van der Waals surface area contributed by atoms with E-state index in [1.807, 2.05) is 0 Å². The normalized spacial score (nSPS) is 20.5. The minimum absolute atomic E-state index is 0.0332. The second-order valence-corrected chi connectivity index (χ2v) is 3.92. The molecule has 0 aromatic rings. The summed E-state index contributed by atoms with van der Waals surface area (Å²) in [6, 6.07) is -0.747. The van der Waals surface area contributed by atoms with Gasteiger partial charge in [0.25, 0.3) is 0 Å². The Balaban J connectivity index is 3.03. The number of aliphatic hydroxyl groups excluding tert-OH is 1. The van der Waals surface area contributed by atoms with Crippen LogP contribution in [-0.2, 0) is 9.59 Å². The van der Waals surface area contributed by atoms with E-state index in [1.54, 1.807) is 6.92 Å². The molecule has 0 saturated carbocycles. The molecule has 0 aliphatic carbocycles. The van der Waals surface area contributed by atoms with Crippen LogP contribution in [0.3, 0.4) is 0 Å². The predicted molar refractivity (Wildman–Crippen MR) is 68.6 cm³/mol. The third-order valence-electron chi connectivity index (χ3n) is 2.67. The van der Waals surface area contributed by atoms with Crippen LogP contribution < -0.4 is 5.32 Å². The average Bonchev–Trinajstić information content (AvgIpc) is 2.38. The Morgan fingerprint density at radius 1 is 1.53 bits per heavy atom. The van der Waals surface area contributed by atoms with Crippen molar-refractivity contribution in [3.63, 3.8) is 0 Å². The van der Waals surface area contributed by atoms with E-state index >= 15 is 0 Å². The summed E-state index contributed by atoms with van der Waals surface area (Å²) in [5.41, 5.74) is 0.359. The molecule has 19 heavy (non-hydrogen) atoms. The van der Waals surface area contributed by atoms with Crippen LogP contribution in [0.2, 0.25) is 0 Å². The first-order valence-electron chi connectivity index (χ1n) is 5.98. The molecule has 0 aromatic carbocycles. The van der Waals surface area contributed by atoms with Gasteiger partial charge in [-0.25, -0.2) is 4.79 Å². The summed E-state index contributed by atoms with van der Waals surface area (Å²) >= 11 is 0. The quantitative estimate of drug-likeness (QED) is 0.392. The molecule has 1 fully saturated rings. The standard InChI is InChI=1S/C12H17N3O4/c1-3-6-15-11(18)9(10(17)14-12(15)19)8(4-2)13-5-7-16/h3,9,16H,1,4-7H2,2H3,(H,14,17,19). The van der Waals surface area contributed by atoms with Gasteiger partial charge in [0.2, 0.25) is 11.8 Å². The van der Waals surface area contributed by atoms with E-state index in [4.69, 9.17) is 5.11 Å². The van der Waals surface area contributed by atoms with Crippen molar-refractivity contribution in [2.75, 3.05) is 19.7 Å². The zero-order valence-electron chi connectivity index (χ0n) is 10.8. The Morgan fingerprint density at radius 2 is 2.21 bits per heavy atom. The van der Waals surface area contributed by atoms with Crippen molar-refractivity contribution in [2.24, 2.45) is 10.9 Å². The second kappa shape index (κ2) is 6.79. The number of barbiturate groups is 1. The van der Waals surface area contributed by atoms with Gasteiger partial charge in [-0.15, -0.1) is 6.58 Å². The van der Waals surface area contributed by atoms with Crippen LogP contribution >= 0.6 is 0 Å². The van der Waals surface area contributed by atoms with Gasteiger partial charge in [-0.3, -0.25) is 24.8 Å². The number of aliphatic imine (C=N–C) groups is 1. The topological polar surface area (TPSA) is 99.1 Å². The number of carbonyl (C=O) groups is 3. The van der Waals surface area contributed by atoms with Crippen LogP contribution in [0.4, 0.5) is 4.79 Å². The number of hydrogen-bond donors (Lipinski definition) is 2. The molecule has 0 bridgehead atoms. The highest BCUT2D eigenvalue weighted by molar-refractivity contribution is 6.27. The van der Waals surface area contributed by atoms with E-state index in [2.05, 4.69) is 16.9 Å². The Hall–Kier alpha value is -2.02. The number of urea groups is 1. The zero-order valence-corrected chi connectivity index (χ0v) is 10.8. The Bertz CT molecular complexity index is 431. The maximum absolute atomic E-state index is 12.2. The summed E-state index contributed by atoms with van der Waals surface area (Å²) < 4.78 is 0. The molecule has 2 N–H and O–H groups in total. The molecule has 1 heterocycles. The third kappa shape index (κ3) is 3.25. The smallest absolute Gasteiger partial charge is 0.331 e. The van der Waals surface area contributed by atoms with Gasteiger partial charge in [0.05, 0.1) is 13.2 Å². The Labute approximate surface area is 111 Å². The summed E-state index contributed by atoms with van der Waals surface area (Å²) in [7, 11) is 0. The predicted octanol–water partition coefficient (Wildman–Crippen LogP) is -0.290. The maximum atomic E-state index is 12.2. The summed E-state index contributed by atoms with van der Waals surface area (Å²) in [6.45, 7) is 5.20. The molecule has 1 aliphatic heterocycles. The molecular formula is C12H17N3O4. The van der Waals surface area contributed by atoms with Crippen LogP contribution in [0.15, 0.2) is 17.6 Å². The minimum Gasteiger partial charge on any atom is -0.394 e. The number of amides is 4. The summed E-state index contributed by atoms with van der Waals surface area (Å²) in [4.78, 5) is 40.4.